The van der Waals surface area contributed by atoms with Crippen LogP contribution in [-0.2, 0) is 12.1 Å². The average Bonchev–Trinajstić information content (AvgIpc) is 2.95. The zero-order valence-corrected chi connectivity index (χ0v) is 12.8. The highest BCUT2D eigenvalue weighted by Gasteiger charge is 2.48. The van der Waals surface area contributed by atoms with E-state index in [2.05, 4.69) is 11.4 Å². The van der Waals surface area contributed by atoms with Gasteiger partial charge in [0.15, 0.2) is 11.4 Å². The molecule has 0 bridgehead atoms. The van der Waals surface area contributed by atoms with Crippen LogP contribution in [0.1, 0.15) is 28.6 Å². The van der Waals surface area contributed by atoms with E-state index in [9.17, 15) is 4.79 Å². The molecule has 2 aliphatic rings. The molecule has 1 atom stereocenters. The number of rotatable bonds is 0. The Bertz CT molecular complexity index is 959. The molecule has 1 unspecified atom stereocenters. The molecule has 1 amide bonds. The van der Waals surface area contributed by atoms with Gasteiger partial charge in [0.2, 0.25) is 0 Å². The Morgan fingerprint density at radius 3 is 2.83 bits per heavy atom. The van der Waals surface area contributed by atoms with Crippen LogP contribution in [0.3, 0.4) is 0 Å². The van der Waals surface area contributed by atoms with Gasteiger partial charge in [-0.1, -0.05) is 30.3 Å². The molecule has 0 spiro atoms. The molecular weight excluding hydrogens is 288 g/mol. The number of hydrogen-bond acceptors (Lipinski definition) is 3. The highest BCUT2D eigenvalue weighted by molar-refractivity contribution is 6.02. The third-order valence-corrected chi connectivity index (χ3v) is 5.05. The van der Waals surface area contributed by atoms with Crippen molar-refractivity contribution in [1.82, 2.24) is 4.90 Å². The van der Waals surface area contributed by atoms with Crippen molar-refractivity contribution in [2.45, 2.75) is 19.0 Å². The number of benzene rings is 2. The normalized spacial score (nSPS) is 22.3. The summed E-state index contributed by atoms with van der Waals surface area (Å²) in [4.78, 5) is 14.8. The molecule has 0 saturated heterocycles. The van der Waals surface area contributed by atoms with Gasteiger partial charge in [0, 0.05) is 23.2 Å². The molecule has 1 aromatic heterocycles. The number of hydrogen-bond donors (Lipinski definition) is 1. The molecule has 0 fully saturated rings. The van der Waals surface area contributed by atoms with E-state index in [1.165, 1.54) is 5.56 Å². The predicted octanol–water partition coefficient (Wildman–Crippen LogP) is 3.73. The van der Waals surface area contributed by atoms with Gasteiger partial charge >= 0.3 is 0 Å². The van der Waals surface area contributed by atoms with Crippen molar-refractivity contribution < 1.29 is 9.21 Å². The summed E-state index contributed by atoms with van der Waals surface area (Å²) in [5.74, 6) is 0.917. The zero-order valence-electron chi connectivity index (χ0n) is 12.8. The SMILES string of the molecule is CC12Nc3ccccc3C(=O)N1CCc1c2oc2ccccc12. The number of amides is 1. The molecule has 3 heterocycles. The van der Waals surface area contributed by atoms with E-state index in [-0.39, 0.29) is 5.91 Å². The van der Waals surface area contributed by atoms with Gasteiger partial charge in [-0.15, -0.1) is 0 Å². The number of fused-ring (bicyclic) bond motifs is 6. The van der Waals surface area contributed by atoms with Crippen molar-refractivity contribution in [1.29, 1.82) is 0 Å². The largest absolute Gasteiger partial charge is 0.456 e. The first-order chi connectivity index (χ1) is 11.2. The summed E-state index contributed by atoms with van der Waals surface area (Å²) in [7, 11) is 0. The van der Waals surface area contributed by atoms with Gasteiger partial charge < -0.3 is 14.6 Å². The Hall–Kier alpha value is -2.75. The highest BCUT2D eigenvalue weighted by Crippen LogP contribution is 2.44. The van der Waals surface area contributed by atoms with Crippen molar-refractivity contribution in [2.24, 2.45) is 0 Å². The fourth-order valence-electron chi connectivity index (χ4n) is 3.93. The topological polar surface area (TPSA) is 45.5 Å². The predicted molar refractivity (Wildman–Crippen MR) is 88.4 cm³/mol. The van der Waals surface area contributed by atoms with Crippen LogP contribution < -0.4 is 5.32 Å². The number of carbonyl (C=O) groups is 1. The maximum Gasteiger partial charge on any atom is 0.258 e. The molecule has 2 aromatic carbocycles. The molecule has 4 heteroatoms. The maximum atomic E-state index is 12.9. The molecule has 0 radical (unpaired) electrons. The molecule has 3 aromatic rings. The lowest BCUT2D eigenvalue weighted by Crippen LogP contribution is -2.58. The number of anilines is 1. The van der Waals surface area contributed by atoms with Crippen LogP contribution in [0, 0.1) is 0 Å². The minimum Gasteiger partial charge on any atom is -0.456 e. The fourth-order valence-corrected chi connectivity index (χ4v) is 3.93. The minimum atomic E-state index is -0.641. The van der Waals surface area contributed by atoms with Crippen LogP contribution in [0.15, 0.2) is 52.9 Å². The average molecular weight is 304 g/mol. The number of nitrogens with one attached hydrogen (secondary N) is 1. The second-order valence-electron chi connectivity index (χ2n) is 6.36. The summed E-state index contributed by atoms with van der Waals surface area (Å²) in [6, 6.07) is 15.8. The van der Waals surface area contributed by atoms with E-state index in [0.29, 0.717) is 6.54 Å². The minimum absolute atomic E-state index is 0.0629. The van der Waals surface area contributed by atoms with E-state index < -0.39 is 5.66 Å². The lowest BCUT2D eigenvalue weighted by Gasteiger charge is -2.47. The molecule has 114 valence electrons. The number of para-hydroxylation sites is 2. The second-order valence-corrected chi connectivity index (χ2v) is 6.36. The van der Waals surface area contributed by atoms with Crippen molar-refractivity contribution >= 4 is 22.6 Å². The lowest BCUT2D eigenvalue weighted by molar-refractivity contribution is 0.0453. The van der Waals surface area contributed by atoms with E-state index in [1.807, 2.05) is 54.3 Å². The molecule has 0 saturated carbocycles. The summed E-state index contributed by atoms with van der Waals surface area (Å²) >= 11 is 0. The van der Waals surface area contributed by atoms with Crippen LogP contribution >= 0.6 is 0 Å². The highest BCUT2D eigenvalue weighted by atomic mass is 16.3. The number of carbonyl (C=O) groups excluding carboxylic acids is 1. The standard InChI is InChI=1S/C19H16N2O2/c1-19-17-13(12-6-3-5-9-16(12)23-17)10-11-21(19)18(22)14-7-2-4-8-15(14)20-19/h2-9,20H,10-11H2,1H3. The first-order valence-corrected chi connectivity index (χ1v) is 7.88. The molecule has 5 rings (SSSR count). The zero-order chi connectivity index (χ0) is 15.6. The molecule has 4 nitrogen and oxygen atoms in total. The van der Waals surface area contributed by atoms with E-state index in [4.69, 9.17) is 4.42 Å². The van der Waals surface area contributed by atoms with Crippen LogP contribution in [-0.4, -0.2) is 17.4 Å². The van der Waals surface area contributed by atoms with E-state index >= 15 is 0 Å². The molecule has 23 heavy (non-hydrogen) atoms. The van der Waals surface area contributed by atoms with Gasteiger partial charge in [-0.2, -0.15) is 0 Å². The Morgan fingerprint density at radius 1 is 1.13 bits per heavy atom. The monoisotopic (exact) mass is 304 g/mol. The van der Waals surface area contributed by atoms with Gasteiger partial charge in [0.25, 0.3) is 5.91 Å². The third kappa shape index (κ3) is 1.53. The smallest absolute Gasteiger partial charge is 0.258 e. The first-order valence-electron chi connectivity index (χ1n) is 7.88. The maximum absolute atomic E-state index is 12.9. The Kier molecular flexibility index (Phi) is 2.31. The Morgan fingerprint density at radius 2 is 1.91 bits per heavy atom. The Labute approximate surface area is 133 Å². The lowest BCUT2D eigenvalue weighted by atomic mass is 9.90. The van der Waals surface area contributed by atoms with Gasteiger partial charge in [0.05, 0.1) is 5.56 Å². The van der Waals surface area contributed by atoms with Crippen LogP contribution in [0.4, 0.5) is 5.69 Å². The van der Waals surface area contributed by atoms with Crippen molar-refractivity contribution in [3.8, 4) is 0 Å². The summed E-state index contributed by atoms with van der Waals surface area (Å²) < 4.78 is 6.17. The van der Waals surface area contributed by atoms with E-state index in [1.54, 1.807) is 0 Å². The van der Waals surface area contributed by atoms with Crippen LogP contribution in [0.2, 0.25) is 0 Å². The molecule has 0 aliphatic carbocycles. The van der Waals surface area contributed by atoms with Crippen molar-refractivity contribution in [2.75, 3.05) is 11.9 Å². The second kappa shape index (κ2) is 4.16. The quantitative estimate of drug-likeness (QED) is 0.688. The molecule has 2 aliphatic heterocycles. The Balaban J connectivity index is 1.77. The van der Waals surface area contributed by atoms with Crippen molar-refractivity contribution in [3.63, 3.8) is 0 Å². The first kappa shape index (κ1) is 12.8. The van der Waals surface area contributed by atoms with Gasteiger partial charge in [-0.25, -0.2) is 0 Å². The van der Waals surface area contributed by atoms with Gasteiger partial charge in [0.1, 0.15) is 5.58 Å². The summed E-state index contributed by atoms with van der Waals surface area (Å²) in [6.07, 6.45) is 0.817. The molecule has 1 N–H and O–H groups in total. The van der Waals surface area contributed by atoms with Crippen molar-refractivity contribution in [3.05, 3.63) is 65.4 Å². The summed E-state index contributed by atoms with van der Waals surface area (Å²) in [6.45, 7) is 2.72. The van der Waals surface area contributed by atoms with Gasteiger partial charge in [-0.3, -0.25) is 4.79 Å². The van der Waals surface area contributed by atoms with Gasteiger partial charge in [-0.05, 0) is 31.5 Å². The third-order valence-electron chi connectivity index (χ3n) is 5.05. The van der Waals surface area contributed by atoms with E-state index in [0.717, 1.165) is 34.4 Å². The molecular formula is C19H16N2O2. The summed E-state index contributed by atoms with van der Waals surface area (Å²) in [5, 5.41) is 4.68. The fraction of sp³-hybridized carbons (Fsp3) is 0.211. The van der Waals surface area contributed by atoms with Crippen LogP contribution in [0.25, 0.3) is 11.0 Å². The summed E-state index contributed by atoms with van der Waals surface area (Å²) in [5.41, 5.74) is 3.04. The number of nitrogens with zero attached hydrogens (tertiary/aromatic N) is 1. The van der Waals surface area contributed by atoms with Crippen LogP contribution in [0.5, 0.6) is 0 Å². The number of furan rings is 1.